The number of methoxy groups -OCH3 is 1. The Hall–Kier alpha value is -1.91. The van der Waals surface area contributed by atoms with Crippen LogP contribution in [-0.4, -0.2) is 12.1 Å². The van der Waals surface area contributed by atoms with Gasteiger partial charge in [0.25, 0.3) is 0 Å². The van der Waals surface area contributed by atoms with Gasteiger partial charge in [-0.25, -0.2) is 4.98 Å². The van der Waals surface area contributed by atoms with Gasteiger partial charge in [0.05, 0.1) is 17.7 Å². The zero-order valence-electron chi connectivity index (χ0n) is 10.5. The Kier molecular flexibility index (Phi) is 3.20. The highest BCUT2D eigenvalue weighted by Gasteiger charge is 2.14. The number of nitrogens with two attached hydrogens (primary N) is 1. The molecule has 0 bridgehead atoms. The summed E-state index contributed by atoms with van der Waals surface area (Å²) in [5, 5.41) is 0.911. The van der Waals surface area contributed by atoms with Crippen LogP contribution in [0.1, 0.15) is 0 Å². The molecule has 0 aliphatic heterocycles. The van der Waals surface area contributed by atoms with Crippen LogP contribution in [0.2, 0.25) is 10.0 Å². The topological polar surface area (TPSA) is 61.3 Å². The van der Waals surface area contributed by atoms with Crippen molar-refractivity contribution < 1.29 is 9.15 Å². The van der Waals surface area contributed by atoms with Crippen LogP contribution in [0.15, 0.2) is 34.7 Å². The summed E-state index contributed by atoms with van der Waals surface area (Å²) in [6.07, 6.45) is 0. The van der Waals surface area contributed by atoms with E-state index in [1.807, 2.05) is 0 Å². The fourth-order valence-corrected chi connectivity index (χ4v) is 2.44. The maximum absolute atomic E-state index is 6.09. The van der Waals surface area contributed by atoms with Crippen molar-refractivity contribution in [1.29, 1.82) is 0 Å². The number of anilines is 1. The van der Waals surface area contributed by atoms with Crippen LogP contribution >= 0.6 is 23.2 Å². The Morgan fingerprint density at radius 2 is 2.00 bits per heavy atom. The Morgan fingerprint density at radius 3 is 2.75 bits per heavy atom. The molecular weight excluding hydrogens is 299 g/mol. The van der Waals surface area contributed by atoms with Gasteiger partial charge in [-0.05, 0) is 30.3 Å². The first-order valence-electron chi connectivity index (χ1n) is 5.78. The van der Waals surface area contributed by atoms with E-state index in [0.717, 1.165) is 0 Å². The van der Waals surface area contributed by atoms with E-state index in [-0.39, 0.29) is 0 Å². The summed E-state index contributed by atoms with van der Waals surface area (Å²) in [6.45, 7) is 0. The van der Waals surface area contributed by atoms with Gasteiger partial charge >= 0.3 is 0 Å². The first-order chi connectivity index (χ1) is 9.58. The number of ether oxygens (including phenoxy) is 1. The number of hydrogen-bond donors (Lipinski definition) is 1. The third-order valence-electron chi connectivity index (χ3n) is 2.90. The molecule has 6 heteroatoms. The lowest BCUT2D eigenvalue weighted by atomic mass is 10.1. The number of nitrogens with zero attached hydrogens (tertiary/aromatic N) is 1. The van der Waals surface area contributed by atoms with Gasteiger partial charge in [0.15, 0.2) is 5.58 Å². The SMILES string of the molecule is COc1ccc(N)c(-c2nc3cc(Cl)cc(Cl)c3o2)c1. The van der Waals surface area contributed by atoms with Gasteiger partial charge in [0.1, 0.15) is 11.3 Å². The van der Waals surface area contributed by atoms with Crippen molar-refractivity contribution in [2.75, 3.05) is 12.8 Å². The van der Waals surface area contributed by atoms with Crippen molar-refractivity contribution in [3.8, 4) is 17.2 Å². The smallest absolute Gasteiger partial charge is 0.229 e. The van der Waals surface area contributed by atoms with Crippen LogP contribution < -0.4 is 10.5 Å². The normalized spacial score (nSPS) is 10.9. The molecule has 102 valence electrons. The monoisotopic (exact) mass is 308 g/mol. The number of hydrogen-bond acceptors (Lipinski definition) is 4. The first kappa shape index (κ1) is 13.1. The van der Waals surface area contributed by atoms with E-state index >= 15 is 0 Å². The van der Waals surface area contributed by atoms with Crippen molar-refractivity contribution in [2.45, 2.75) is 0 Å². The largest absolute Gasteiger partial charge is 0.497 e. The molecule has 0 saturated heterocycles. The zero-order valence-corrected chi connectivity index (χ0v) is 12.0. The van der Waals surface area contributed by atoms with Gasteiger partial charge in [0, 0.05) is 10.7 Å². The quantitative estimate of drug-likeness (QED) is 0.713. The summed E-state index contributed by atoms with van der Waals surface area (Å²) in [6, 6.07) is 8.56. The molecule has 4 nitrogen and oxygen atoms in total. The molecule has 2 aromatic carbocycles. The molecule has 3 aromatic rings. The fourth-order valence-electron chi connectivity index (χ4n) is 1.92. The van der Waals surface area contributed by atoms with Crippen LogP contribution in [0.3, 0.4) is 0 Å². The minimum absolute atomic E-state index is 0.376. The highest BCUT2D eigenvalue weighted by Crippen LogP contribution is 2.35. The van der Waals surface area contributed by atoms with Crippen molar-refractivity contribution >= 4 is 40.0 Å². The zero-order chi connectivity index (χ0) is 14.3. The minimum atomic E-state index is 0.376. The lowest BCUT2D eigenvalue weighted by Gasteiger charge is -2.04. The van der Waals surface area contributed by atoms with Crippen molar-refractivity contribution in [3.63, 3.8) is 0 Å². The second-order valence-corrected chi connectivity index (χ2v) is 5.05. The summed E-state index contributed by atoms with van der Waals surface area (Å²) in [5.41, 5.74) is 8.20. The average Bonchev–Trinajstić information content (AvgIpc) is 2.83. The molecule has 1 aromatic heterocycles. The molecule has 0 fully saturated rings. The number of oxazole rings is 1. The molecule has 0 aliphatic carbocycles. The molecule has 0 aliphatic rings. The maximum atomic E-state index is 6.09. The maximum Gasteiger partial charge on any atom is 0.229 e. The summed E-state index contributed by atoms with van der Waals surface area (Å²) < 4.78 is 10.9. The van der Waals surface area contributed by atoms with Gasteiger partial charge in [-0.3, -0.25) is 0 Å². The van der Waals surface area contributed by atoms with Crippen LogP contribution in [0.5, 0.6) is 5.75 Å². The van der Waals surface area contributed by atoms with Gasteiger partial charge in [-0.2, -0.15) is 0 Å². The first-order valence-corrected chi connectivity index (χ1v) is 6.53. The molecular formula is C14H10Cl2N2O2. The molecule has 0 amide bonds. The number of halogens is 2. The van der Waals surface area contributed by atoms with E-state index < -0.39 is 0 Å². The molecule has 20 heavy (non-hydrogen) atoms. The number of nitrogen functional groups attached to an aromatic ring is 1. The summed E-state index contributed by atoms with van der Waals surface area (Å²) in [4.78, 5) is 4.37. The molecule has 0 saturated carbocycles. The number of benzene rings is 2. The van der Waals surface area contributed by atoms with E-state index in [2.05, 4.69) is 4.98 Å². The van der Waals surface area contributed by atoms with Crippen molar-refractivity contribution in [3.05, 3.63) is 40.4 Å². The van der Waals surface area contributed by atoms with E-state index in [4.69, 9.17) is 38.1 Å². The minimum Gasteiger partial charge on any atom is -0.497 e. The number of aromatic nitrogens is 1. The van der Waals surface area contributed by atoms with Gasteiger partial charge in [-0.15, -0.1) is 0 Å². The second-order valence-electron chi connectivity index (χ2n) is 4.21. The number of fused-ring (bicyclic) bond motifs is 1. The molecule has 1 heterocycles. The van der Waals surface area contributed by atoms with Gasteiger partial charge in [0.2, 0.25) is 5.89 Å². The molecule has 3 rings (SSSR count). The lowest BCUT2D eigenvalue weighted by molar-refractivity contribution is 0.415. The van der Waals surface area contributed by atoms with E-state index in [1.54, 1.807) is 37.4 Å². The van der Waals surface area contributed by atoms with Gasteiger partial charge in [-0.1, -0.05) is 23.2 Å². The third kappa shape index (κ3) is 2.17. The summed E-state index contributed by atoms with van der Waals surface area (Å²) >= 11 is 12.0. The van der Waals surface area contributed by atoms with Crippen molar-refractivity contribution in [1.82, 2.24) is 4.98 Å². The molecule has 0 atom stereocenters. The summed E-state index contributed by atoms with van der Waals surface area (Å²) in [5.74, 6) is 1.04. The third-order valence-corrected chi connectivity index (χ3v) is 3.40. The lowest BCUT2D eigenvalue weighted by Crippen LogP contribution is -1.91. The fraction of sp³-hybridized carbons (Fsp3) is 0.0714. The Bertz CT molecular complexity index is 799. The van der Waals surface area contributed by atoms with Crippen LogP contribution in [0, 0.1) is 0 Å². The van der Waals surface area contributed by atoms with Crippen molar-refractivity contribution in [2.24, 2.45) is 0 Å². The van der Waals surface area contributed by atoms with Crippen LogP contribution in [0.25, 0.3) is 22.6 Å². The highest BCUT2D eigenvalue weighted by molar-refractivity contribution is 6.38. The second kappa shape index (κ2) is 4.89. The van der Waals surface area contributed by atoms with Gasteiger partial charge < -0.3 is 14.9 Å². The van der Waals surface area contributed by atoms with E-state index in [0.29, 0.717) is 44.0 Å². The molecule has 0 unspecified atom stereocenters. The number of rotatable bonds is 2. The average molecular weight is 309 g/mol. The molecule has 0 radical (unpaired) electrons. The summed E-state index contributed by atoms with van der Waals surface area (Å²) in [7, 11) is 1.58. The predicted octanol–water partition coefficient (Wildman–Crippen LogP) is 4.39. The Balaban J connectivity index is 2.22. The van der Waals surface area contributed by atoms with Crippen LogP contribution in [-0.2, 0) is 0 Å². The Morgan fingerprint density at radius 1 is 1.20 bits per heavy atom. The standard InChI is InChI=1S/C14H10Cl2N2O2/c1-19-8-2-3-11(17)9(6-8)14-18-12-5-7(15)4-10(16)13(12)20-14/h2-6H,17H2,1H3. The highest BCUT2D eigenvalue weighted by atomic mass is 35.5. The van der Waals surface area contributed by atoms with Crippen LogP contribution in [0.4, 0.5) is 5.69 Å². The van der Waals surface area contributed by atoms with E-state index in [9.17, 15) is 0 Å². The van der Waals surface area contributed by atoms with E-state index in [1.165, 1.54) is 0 Å². The molecule has 2 N–H and O–H groups in total. The molecule has 0 spiro atoms. The predicted molar refractivity (Wildman–Crippen MR) is 80.4 cm³/mol. The Labute approximate surface area is 125 Å².